The molecule has 0 saturated heterocycles. The van der Waals surface area contributed by atoms with Crippen LogP contribution >= 0.6 is 0 Å². The van der Waals surface area contributed by atoms with E-state index in [2.05, 4.69) is 85.0 Å². The summed E-state index contributed by atoms with van der Waals surface area (Å²) >= 11 is 0. The van der Waals surface area contributed by atoms with Gasteiger partial charge in [-0.15, -0.1) is 0 Å². The van der Waals surface area contributed by atoms with Gasteiger partial charge in [0.2, 0.25) is 0 Å². The first-order valence-corrected chi connectivity index (χ1v) is 27.7. The maximum absolute atomic E-state index is 13.0. The zero-order valence-corrected chi connectivity index (χ0v) is 45.3. The number of hydrogen-bond acceptors (Lipinski definition) is 8. The third kappa shape index (κ3) is 7.14. The molecule has 12 nitrogen and oxygen atoms in total. The lowest BCUT2D eigenvalue weighted by atomic mass is 9.96. The average molecular weight is 1100 g/mol. The van der Waals surface area contributed by atoms with E-state index in [4.69, 9.17) is 15.0 Å². The minimum absolute atomic E-state index is 0.193. The molecule has 0 aliphatic heterocycles. The SMILES string of the molecule is N#Cc1ccc2c(c1)c1ccccc1n2-c1c(C#N)c(-c2nc(-c3ccccc3)nc(-c3ccccc3)n2)c(-n2c3ccccc3c3cc(C#N)ccc32)c(-n2c3ccccc3c3cc(C#N)ccc32)c1-n1c2ccccc2c2cc(C#N)ccc21. The summed E-state index contributed by atoms with van der Waals surface area (Å²) in [6, 6.07) is 87.2. The van der Waals surface area contributed by atoms with Crippen molar-refractivity contribution in [1.29, 1.82) is 26.3 Å². The van der Waals surface area contributed by atoms with Gasteiger partial charge in [-0.1, -0.05) is 133 Å². The van der Waals surface area contributed by atoms with E-state index >= 15 is 0 Å². The van der Waals surface area contributed by atoms with Crippen molar-refractivity contribution in [3.05, 3.63) is 258 Å². The van der Waals surface area contributed by atoms with Crippen LogP contribution in [-0.2, 0) is 0 Å². The molecule has 0 bridgehead atoms. The zero-order valence-electron chi connectivity index (χ0n) is 45.3. The Kier molecular flexibility index (Phi) is 10.9. The number of nitrogens with zero attached hydrogens (tertiary/aromatic N) is 12. The second-order valence-electron chi connectivity index (χ2n) is 21.1. The molecule has 16 aromatic rings. The highest BCUT2D eigenvalue weighted by molar-refractivity contribution is 6.17. The van der Waals surface area contributed by atoms with Crippen molar-refractivity contribution in [2.45, 2.75) is 0 Å². The number of hydrogen-bond donors (Lipinski definition) is 0. The number of para-hydroxylation sites is 4. The smallest absolute Gasteiger partial charge is 0.167 e. The lowest BCUT2D eigenvalue weighted by molar-refractivity contribution is 1.01. The summed E-state index contributed by atoms with van der Waals surface area (Å²) in [6.45, 7) is 0. The standard InChI is InChI=1S/C74H38N12/c75-39-44-27-31-63-54(35-44)50-19-7-11-23-59(50)83(63)68-58(43-79)67(74-81-72(48-15-3-1-4-16-48)80-73(82-74)49-17-5-2-6-18-49)69(84-60-24-12-8-20-51(60)55-36-45(40-76)28-32-64(55)84)71(86-62-26-14-10-22-53(62)57-38-47(42-78)30-34-66(57)86)70(68)85-61-25-13-9-21-52(61)56-37-46(41-77)29-33-65(56)85/h1-38H. The van der Waals surface area contributed by atoms with E-state index in [1.165, 1.54) is 0 Å². The van der Waals surface area contributed by atoms with E-state index in [1.807, 2.05) is 188 Å². The quantitative estimate of drug-likeness (QED) is 0.151. The van der Waals surface area contributed by atoms with Gasteiger partial charge >= 0.3 is 0 Å². The molecule has 12 heteroatoms. The van der Waals surface area contributed by atoms with Crippen LogP contribution in [0.2, 0.25) is 0 Å². The Balaban J connectivity index is 1.28. The van der Waals surface area contributed by atoms with Crippen molar-refractivity contribution < 1.29 is 0 Å². The fourth-order valence-electron chi connectivity index (χ4n) is 12.9. The fourth-order valence-corrected chi connectivity index (χ4v) is 12.9. The van der Waals surface area contributed by atoms with Crippen LogP contribution in [0, 0.1) is 56.7 Å². The number of benzene rings is 11. The molecule has 394 valence electrons. The molecular weight excluding hydrogens is 1060 g/mol. The summed E-state index contributed by atoms with van der Waals surface area (Å²) < 4.78 is 8.80. The molecule has 0 spiro atoms. The number of fused-ring (bicyclic) bond motifs is 12. The van der Waals surface area contributed by atoms with Crippen molar-refractivity contribution >= 4 is 87.2 Å². The lowest BCUT2D eigenvalue weighted by Gasteiger charge is -2.29. The van der Waals surface area contributed by atoms with Crippen LogP contribution in [0.5, 0.6) is 0 Å². The Labute approximate surface area is 489 Å². The normalized spacial score (nSPS) is 11.4. The Hall–Kier alpha value is -12.9. The molecule has 0 amide bonds. The van der Waals surface area contributed by atoms with Gasteiger partial charge < -0.3 is 18.3 Å². The van der Waals surface area contributed by atoms with Crippen molar-refractivity contribution in [2.75, 3.05) is 0 Å². The molecule has 5 heterocycles. The van der Waals surface area contributed by atoms with Crippen LogP contribution in [-0.4, -0.2) is 33.2 Å². The van der Waals surface area contributed by atoms with Gasteiger partial charge in [-0.05, 0) is 97.1 Å². The maximum atomic E-state index is 13.0. The third-order valence-electron chi connectivity index (χ3n) is 16.5. The summed E-state index contributed by atoms with van der Waals surface area (Å²) in [7, 11) is 0. The second-order valence-corrected chi connectivity index (χ2v) is 21.1. The van der Waals surface area contributed by atoms with E-state index in [0.29, 0.717) is 67.7 Å². The molecule has 0 fully saturated rings. The van der Waals surface area contributed by atoms with Crippen LogP contribution in [0.15, 0.2) is 231 Å². The first-order valence-electron chi connectivity index (χ1n) is 27.7. The summed E-state index contributed by atoms with van der Waals surface area (Å²) in [5.41, 5.74) is 12.0. The third-order valence-corrected chi connectivity index (χ3v) is 16.5. The number of aromatic nitrogens is 7. The molecule has 0 aliphatic carbocycles. The van der Waals surface area contributed by atoms with E-state index in [9.17, 15) is 26.3 Å². The monoisotopic (exact) mass is 1090 g/mol. The van der Waals surface area contributed by atoms with Crippen LogP contribution < -0.4 is 0 Å². The van der Waals surface area contributed by atoms with Crippen LogP contribution in [0.1, 0.15) is 27.8 Å². The largest absolute Gasteiger partial charge is 0.306 e. The van der Waals surface area contributed by atoms with Crippen molar-refractivity contribution in [3.8, 4) is 87.3 Å². The van der Waals surface area contributed by atoms with Gasteiger partial charge in [-0.2, -0.15) is 26.3 Å². The minimum atomic E-state index is 0.193. The predicted molar refractivity (Wildman–Crippen MR) is 337 cm³/mol. The Morgan fingerprint density at radius 2 is 0.523 bits per heavy atom. The molecule has 0 atom stereocenters. The molecule has 0 saturated carbocycles. The predicted octanol–water partition coefficient (Wildman–Crippen LogP) is 16.6. The molecule has 11 aromatic carbocycles. The topological polar surface area (TPSA) is 177 Å². The van der Waals surface area contributed by atoms with E-state index in [0.717, 1.165) is 92.8 Å². The summed E-state index contributed by atoms with van der Waals surface area (Å²) in [6.07, 6.45) is 0. The minimum Gasteiger partial charge on any atom is -0.306 e. The van der Waals surface area contributed by atoms with Gasteiger partial charge in [0, 0.05) is 54.2 Å². The first kappa shape index (κ1) is 48.9. The highest BCUT2D eigenvalue weighted by Gasteiger charge is 2.36. The van der Waals surface area contributed by atoms with Crippen molar-refractivity contribution in [2.24, 2.45) is 0 Å². The number of nitriles is 5. The highest BCUT2D eigenvalue weighted by Crippen LogP contribution is 2.52. The summed E-state index contributed by atoms with van der Waals surface area (Å²) in [4.78, 5) is 16.3. The average Bonchev–Trinajstić information content (AvgIpc) is 1.44. The van der Waals surface area contributed by atoms with E-state index < -0.39 is 0 Å². The number of rotatable bonds is 7. The van der Waals surface area contributed by atoms with Gasteiger partial charge in [-0.3, -0.25) is 0 Å². The molecule has 5 aromatic heterocycles. The van der Waals surface area contributed by atoms with Gasteiger partial charge in [0.15, 0.2) is 17.5 Å². The Morgan fingerprint density at radius 1 is 0.244 bits per heavy atom. The molecule has 86 heavy (non-hydrogen) atoms. The molecule has 16 rings (SSSR count). The van der Waals surface area contributed by atoms with Gasteiger partial charge in [0.1, 0.15) is 6.07 Å². The second kappa shape index (κ2) is 19.1. The van der Waals surface area contributed by atoms with Crippen LogP contribution in [0.3, 0.4) is 0 Å². The van der Waals surface area contributed by atoms with Crippen molar-refractivity contribution in [3.63, 3.8) is 0 Å². The van der Waals surface area contributed by atoms with Gasteiger partial charge in [0.25, 0.3) is 0 Å². The molecule has 0 N–H and O–H groups in total. The van der Waals surface area contributed by atoms with Gasteiger partial charge in [0.05, 0.1) is 125 Å². The first-order chi connectivity index (χ1) is 42.5. The Bertz CT molecular complexity index is 5790. The zero-order chi connectivity index (χ0) is 57.7. The van der Waals surface area contributed by atoms with Crippen molar-refractivity contribution in [1.82, 2.24) is 33.2 Å². The molecule has 0 radical (unpaired) electrons. The fraction of sp³-hybridized carbons (Fsp3) is 0. The van der Waals surface area contributed by atoms with E-state index in [-0.39, 0.29) is 11.4 Å². The Morgan fingerprint density at radius 3 is 0.860 bits per heavy atom. The molecular formula is C74H38N12. The molecule has 0 aliphatic rings. The van der Waals surface area contributed by atoms with Crippen LogP contribution in [0.25, 0.3) is 144 Å². The maximum Gasteiger partial charge on any atom is 0.167 e. The summed E-state index contributed by atoms with van der Waals surface area (Å²) in [5.74, 6) is 0.934. The summed E-state index contributed by atoms with van der Waals surface area (Å²) in [5, 5.41) is 61.9. The highest BCUT2D eigenvalue weighted by atomic mass is 15.2. The van der Waals surface area contributed by atoms with Gasteiger partial charge in [-0.25, -0.2) is 15.0 Å². The van der Waals surface area contributed by atoms with E-state index in [1.54, 1.807) is 6.07 Å². The molecule has 0 unspecified atom stereocenters. The lowest BCUT2D eigenvalue weighted by Crippen LogP contribution is -2.17. The van der Waals surface area contributed by atoms with Crippen LogP contribution in [0.4, 0.5) is 0 Å².